The molecule has 1 aromatic heterocycles. The van der Waals surface area contributed by atoms with Gasteiger partial charge in [-0.15, -0.1) is 13.2 Å². The van der Waals surface area contributed by atoms with Gasteiger partial charge in [0, 0.05) is 40.6 Å². The molecule has 0 aliphatic carbocycles. The highest BCUT2D eigenvalue weighted by molar-refractivity contribution is 6.11. The van der Waals surface area contributed by atoms with Crippen LogP contribution in [0.1, 0.15) is 12.5 Å². The molecule has 0 spiro atoms. The van der Waals surface area contributed by atoms with Crippen LogP contribution in [0.2, 0.25) is 0 Å². The summed E-state index contributed by atoms with van der Waals surface area (Å²) in [5, 5.41) is 6.11. The molecule has 0 atom stereocenters. The third-order valence-corrected chi connectivity index (χ3v) is 4.15. The predicted octanol–water partition coefficient (Wildman–Crippen LogP) is 5.14. The second-order valence-corrected chi connectivity index (χ2v) is 5.41. The summed E-state index contributed by atoms with van der Waals surface area (Å²) in [4.78, 5) is 0. The Morgan fingerprint density at radius 1 is 1.05 bits per heavy atom. The summed E-state index contributed by atoms with van der Waals surface area (Å²) in [6.45, 7) is 11.7. The Labute approximate surface area is 131 Å². The zero-order valence-corrected chi connectivity index (χ0v) is 13.1. The Hall–Kier alpha value is -2.48. The first kappa shape index (κ1) is 14.5. The average molecular weight is 290 g/mol. The fraction of sp³-hybridized carbons (Fsp3) is 0.200. The van der Waals surface area contributed by atoms with Crippen molar-refractivity contribution in [3.8, 4) is 0 Å². The van der Waals surface area contributed by atoms with Gasteiger partial charge in [0.1, 0.15) is 0 Å². The SMILES string of the molecule is C=CCNc1ccc2c(c1CC=C)c1ccccc1n2CC. The molecular formula is C20H22N2. The normalized spacial score (nSPS) is 11.0. The summed E-state index contributed by atoms with van der Waals surface area (Å²) < 4.78 is 2.38. The Bertz CT molecular complexity index is 840. The van der Waals surface area contributed by atoms with E-state index in [4.69, 9.17) is 0 Å². The molecule has 2 nitrogen and oxygen atoms in total. The summed E-state index contributed by atoms with van der Waals surface area (Å²) >= 11 is 0. The van der Waals surface area contributed by atoms with Crippen molar-refractivity contribution in [1.82, 2.24) is 4.57 Å². The van der Waals surface area contributed by atoms with Crippen molar-refractivity contribution in [1.29, 1.82) is 0 Å². The Morgan fingerprint density at radius 3 is 2.59 bits per heavy atom. The molecule has 3 rings (SSSR count). The first-order valence-electron chi connectivity index (χ1n) is 7.80. The Balaban J connectivity index is 2.38. The number of para-hydroxylation sites is 1. The number of aryl methyl sites for hydroxylation is 1. The first-order valence-corrected chi connectivity index (χ1v) is 7.80. The second-order valence-electron chi connectivity index (χ2n) is 5.41. The van der Waals surface area contributed by atoms with Crippen molar-refractivity contribution in [2.45, 2.75) is 19.9 Å². The van der Waals surface area contributed by atoms with Gasteiger partial charge in [-0.3, -0.25) is 0 Å². The van der Waals surface area contributed by atoms with Crippen LogP contribution < -0.4 is 5.32 Å². The molecule has 0 bridgehead atoms. The van der Waals surface area contributed by atoms with Crippen molar-refractivity contribution < 1.29 is 0 Å². The lowest BCUT2D eigenvalue weighted by Gasteiger charge is -2.12. The van der Waals surface area contributed by atoms with Crippen LogP contribution in [-0.2, 0) is 13.0 Å². The Kier molecular flexibility index (Phi) is 4.01. The van der Waals surface area contributed by atoms with Crippen molar-refractivity contribution in [3.05, 3.63) is 67.3 Å². The number of nitrogens with one attached hydrogen (secondary N) is 1. The van der Waals surface area contributed by atoms with Crippen LogP contribution in [0.15, 0.2) is 61.7 Å². The number of fused-ring (bicyclic) bond motifs is 3. The fourth-order valence-electron chi connectivity index (χ4n) is 3.26. The van der Waals surface area contributed by atoms with Crippen LogP contribution >= 0.6 is 0 Å². The lowest BCUT2D eigenvalue weighted by atomic mass is 10.0. The third-order valence-electron chi connectivity index (χ3n) is 4.15. The quantitative estimate of drug-likeness (QED) is 0.622. The van der Waals surface area contributed by atoms with E-state index in [0.717, 1.165) is 19.5 Å². The molecule has 22 heavy (non-hydrogen) atoms. The van der Waals surface area contributed by atoms with Gasteiger partial charge in [-0.2, -0.15) is 0 Å². The molecule has 2 aromatic carbocycles. The highest BCUT2D eigenvalue weighted by atomic mass is 15.0. The standard InChI is InChI=1S/C20H22N2/c1-4-9-15-17(21-14-5-2)12-13-19-20(15)16-10-7-8-11-18(16)22(19)6-3/h4-5,7-8,10-13,21H,1-2,6,9,14H2,3H3. The minimum absolute atomic E-state index is 0.766. The van der Waals surface area contributed by atoms with Crippen LogP contribution in [-0.4, -0.2) is 11.1 Å². The van der Waals surface area contributed by atoms with Crippen molar-refractivity contribution in [2.75, 3.05) is 11.9 Å². The van der Waals surface area contributed by atoms with Crippen LogP contribution in [0.5, 0.6) is 0 Å². The molecule has 0 radical (unpaired) electrons. The van der Waals surface area contributed by atoms with Crippen molar-refractivity contribution in [3.63, 3.8) is 0 Å². The number of nitrogens with zero attached hydrogens (tertiary/aromatic N) is 1. The molecule has 1 N–H and O–H groups in total. The summed E-state index contributed by atoms with van der Waals surface area (Å²) in [7, 11) is 0. The van der Waals surface area contributed by atoms with Gasteiger partial charge in [0.05, 0.1) is 0 Å². The largest absolute Gasteiger partial charge is 0.381 e. The molecule has 2 heteroatoms. The van der Waals surface area contributed by atoms with Gasteiger partial charge in [-0.05, 0) is 37.1 Å². The van der Waals surface area contributed by atoms with E-state index in [1.54, 1.807) is 0 Å². The fourth-order valence-corrected chi connectivity index (χ4v) is 3.26. The molecule has 0 aliphatic rings. The molecule has 0 aliphatic heterocycles. The second kappa shape index (κ2) is 6.10. The molecule has 0 unspecified atom stereocenters. The monoisotopic (exact) mass is 290 g/mol. The molecule has 0 amide bonds. The smallest absolute Gasteiger partial charge is 0.0495 e. The minimum atomic E-state index is 0.766. The van der Waals surface area contributed by atoms with Gasteiger partial charge in [-0.1, -0.05) is 30.4 Å². The van der Waals surface area contributed by atoms with E-state index in [1.165, 1.54) is 33.1 Å². The maximum atomic E-state index is 3.94. The van der Waals surface area contributed by atoms with E-state index in [-0.39, 0.29) is 0 Å². The average Bonchev–Trinajstić information content (AvgIpc) is 2.88. The molecule has 3 aromatic rings. The molecule has 0 fully saturated rings. The summed E-state index contributed by atoms with van der Waals surface area (Å²) in [5.74, 6) is 0. The van der Waals surface area contributed by atoms with Gasteiger partial charge < -0.3 is 9.88 Å². The third kappa shape index (κ3) is 2.21. The number of rotatable bonds is 6. The van der Waals surface area contributed by atoms with Gasteiger partial charge >= 0.3 is 0 Å². The minimum Gasteiger partial charge on any atom is -0.381 e. The van der Waals surface area contributed by atoms with E-state index >= 15 is 0 Å². The zero-order valence-electron chi connectivity index (χ0n) is 13.1. The highest BCUT2D eigenvalue weighted by Gasteiger charge is 2.14. The highest BCUT2D eigenvalue weighted by Crippen LogP contribution is 2.35. The maximum Gasteiger partial charge on any atom is 0.0495 e. The molecular weight excluding hydrogens is 268 g/mol. The molecule has 0 saturated heterocycles. The van der Waals surface area contributed by atoms with Gasteiger partial charge in [0.15, 0.2) is 0 Å². The van der Waals surface area contributed by atoms with Crippen molar-refractivity contribution in [2.24, 2.45) is 0 Å². The van der Waals surface area contributed by atoms with Gasteiger partial charge in [0.25, 0.3) is 0 Å². The number of allylic oxidation sites excluding steroid dienone is 1. The number of hydrogen-bond acceptors (Lipinski definition) is 1. The topological polar surface area (TPSA) is 17.0 Å². The van der Waals surface area contributed by atoms with Crippen LogP contribution in [0, 0.1) is 0 Å². The lowest BCUT2D eigenvalue weighted by molar-refractivity contribution is 0.827. The van der Waals surface area contributed by atoms with E-state index in [2.05, 4.69) is 66.4 Å². The molecule has 0 saturated carbocycles. The van der Waals surface area contributed by atoms with Crippen LogP contribution in [0.25, 0.3) is 21.8 Å². The van der Waals surface area contributed by atoms with E-state index < -0.39 is 0 Å². The van der Waals surface area contributed by atoms with E-state index in [1.807, 2.05) is 12.2 Å². The lowest BCUT2D eigenvalue weighted by Crippen LogP contribution is -2.02. The number of hydrogen-bond donors (Lipinski definition) is 1. The summed E-state index contributed by atoms with van der Waals surface area (Å²) in [6.07, 6.45) is 4.72. The zero-order chi connectivity index (χ0) is 15.5. The number of aromatic nitrogens is 1. The van der Waals surface area contributed by atoms with Crippen LogP contribution in [0.3, 0.4) is 0 Å². The van der Waals surface area contributed by atoms with E-state index in [9.17, 15) is 0 Å². The summed E-state index contributed by atoms with van der Waals surface area (Å²) in [6, 6.07) is 13.0. The molecule has 112 valence electrons. The Morgan fingerprint density at radius 2 is 1.86 bits per heavy atom. The maximum absolute atomic E-state index is 3.94. The van der Waals surface area contributed by atoms with Crippen molar-refractivity contribution >= 4 is 27.5 Å². The van der Waals surface area contributed by atoms with Gasteiger partial charge in [-0.25, -0.2) is 0 Å². The molecule has 1 heterocycles. The van der Waals surface area contributed by atoms with Gasteiger partial charge in [0.2, 0.25) is 0 Å². The number of benzene rings is 2. The summed E-state index contributed by atoms with van der Waals surface area (Å²) in [5.41, 5.74) is 5.08. The van der Waals surface area contributed by atoms with Crippen LogP contribution in [0.4, 0.5) is 5.69 Å². The first-order chi connectivity index (χ1) is 10.8. The predicted molar refractivity (Wildman–Crippen MR) is 97.7 cm³/mol. The van der Waals surface area contributed by atoms with E-state index in [0.29, 0.717) is 0 Å². The number of anilines is 1.